The van der Waals surface area contributed by atoms with Crippen molar-refractivity contribution in [2.24, 2.45) is 5.41 Å². The maximum absolute atomic E-state index is 6.08. The fourth-order valence-electron chi connectivity index (χ4n) is 8.41. The molecule has 0 atom stereocenters. The largest absolute Gasteiger partial charge is 0.475 e. The van der Waals surface area contributed by atoms with E-state index < -0.39 is 0 Å². The summed E-state index contributed by atoms with van der Waals surface area (Å²) in [7, 11) is -0.355. The molecule has 1 saturated heterocycles. The van der Waals surface area contributed by atoms with Gasteiger partial charge in [-0.15, -0.1) is 70.2 Å². The second-order valence-corrected chi connectivity index (χ2v) is 18.4. The number of aromatic nitrogens is 2. The Bertz CT molecular complexity index is 1880. The van der Waals surface area contributed by atoms with Crippen LogP contribution in [0, 0.1) is 17.5 Å². The van der Waals surface area contributed by atoms with Crippen molar-refractivity contribution in [3.05, 3.63) is 101 Å². The maximum atomic E-state index is 6.08. The van der Waals surface area contributed by atoms with Crippen LogP contribution >= 0.6 is 0 Å². The van der Waals surface area contributed by atoms with Crippen molar-refractivity contribution in [3.63, 3.8) is 0 Å². The van der Waals surface area contributed by atoms with Gasteiger partial charge in [0.25, 0.3) is 0 Å². The van der Waals surface area contributed by atoms with E-state index in [1.807, 2.05) is 36.4 Å². The van der Waals surface area contributed by atoms with E-state index in [4.69, 9.17) is 14.3 Å². The van der Waals surface area contributed by atoms with Crippen molar-refractivity contribution < 1.29 is 29.4 Å². The molecule has 6 heteroatoms. The van der Waals surface area contributed by atoms with Crippen LogP contribution in [0.3, 0.4) is 0 Å². The van der Waals surface area contributed by atoms with Gasteiger partial charge in [-0.3, -0.25) is 0 Å². The first-order chi connectivity index (χ1) is 22.5. The molecule has 0 bridgehead atoms. The van der Waals surface area contributed by atoms with E-state index in [0.717, 1.165) is 28.0 Å². The summed E-state index contributed by atoms with van der Waals surface area (Å²) in [5.41, 5.74) is 10.9. The van der Waals surface area contributed by atoms with Crippen LogP contribution in [0.25, 0.3) is 22.5 Å². The molecule has 50 heavy (non-hydrogen) atoms. The molecule has 0 amide bonds. The predicted molar refractivity (Wildman–Crippen MR) is 203 cm³/mol. The molecule has 267 valence electrons. The monoisotopic (exact) mass is 847 g/mol. The second kappa shape index (κ2) is 12.5. The quantitative estimate of drug-likeness (QED) is 0.152. The molecule has 2 aromatic heterocycles. The zero-order chi connectivity index (χ0) is 36.0. The summed E-state index contributed by atoms with van der Waals surface area (Å²) in [6.07, 6.45) is 5.08. The first kappa shape index (κ1) is 38.6. The number of rotatable bonds is 3. The molecule has 1 radical (unpaired) electrons. The summed E-state index contributed by atoms with van der Waals surface area (Å²) in [5.74, 6) is 0. The predicted octanol–water partition coefficient (Wildman–Crippen LogP) is 9.95. The molecule has 2 aromatic carbocycles. The molecular weight excluding hydrogens is 792 g/mol. The Kier molecular flexibility index (Phi) is 9.66. The van der Waals surface area contributed by atoms with Gasteiger partial charge in [0.1, 0.15) is 0 Å². The molecule has 1 fully saturated rings. The molecule has 2 aliphatic carbocycles. The summed E-state index contributed by atoms with van der Waals surface area (Å²) in [6, 6.07) is 25.5. The van der Waals surface area contributed by atoms with Gasteiger partial charge < -0.3 is 19.3 Å². The van der Waals surface area contributed by atoms with Gasteiger partial charge in [-0.2, -0.15) is 0 Å². The van der Waals surface area contributed by atoms with Crippen LogP contribution in [-0.4, -0.2) is 28.3 Å². The Morgan fingerprint density at radius 2 is 1.22 bits per heavy atom. The topological polar surface area (TPSA) is 44.2 Å². The number of benzene rings is 2. The summed E-state index contributed by atoms with van der Waals surface area (Å²) in [6.45, 7) is 32.0. The third kappa shape index (κ3) is 6.17. The van der Waals surface area contributed by atoms with Gasteiger partial charge in [-0.1, -0.05) is 87.4 Å². The molecular formula is C44H55BIrN2O2-2. The SMILES string of the molecule is CC1(C)CC(C)(C)c2cc(-c3[c-]cc4c(c3)C(C)(C)C(C)(C)C4(C)C)ncc21.CC1(C)OB(c2cc[c-]c(-c3ccccn3)c2)OC1(C)C.[Ir]. The zero-order valence-electron chi connectivity index (χ0n) is 32.7. The molecule has 3 aliphatic rings. The third-order valence-electron chi connectivity index (χ3n) is 13.2. The molecule has 4 nitrogen and oxygen atoms in total. The van der Waals surface area contributed by atoms with Gasteiger partial charge in [-0.25, -0.2) is 0 Å². The van der Waals surface area contributed by atoms with Crippen LogP contribution < -0.4 is 5.46 Å². The van der Waals surface area contributed by atoms with E-state index >= 15 is 0 Å². The first-order valence-corrected chi connectivity index (χ1v) is 17.9. The summed E-state index contributed by atoms with van der Waals surface area (Å²) < 4.78 is 12.2. The van der Waals surface area contributed by atoms with Crippen LogP contribution in [-0.2, 0) is 51.1 Å². The van der Waals surface area contributed by atoms with Crippen molar-refractivity contribution in [1.82, 2.24) is 9.97 Å². The minimum absolute atomic E-state index is 0. The number of nitrogens with zero attached hydrogens (tertiary/aromatic N) is 2. The summed E-state index contributed by atoms with van der Waals surface area (Å²) in [4.78, 5) is 9.26. The third-order valence-corrected chi connectivity index (χ3v) is 13.2. The summed E-state index contributed by atoms with van der Waals surface area (Å²) >= 11 is 0. The van der Waals surface area contributed by atoms with Gasteiger partial charge in [0.05, 0.1) is 11.2 Å². The van der Waals surface area contributed by atoms with Crippen LogP contribution in [0.1, 0.15) is 126 Å². The van der Waals surface area contributed by atoms with E-state index in [0.29, 0.717) is 0 Å². The van der Waals surface area contributed by atoms with Gasteiger partial charge in [0.15, 0.2) is 0 Å². The fraction of sp³-hybridized carbons (Fsp3) is 0.500. The smallest absolute Gasteiger partial charge is 0.400 e. The number of pyridine rings is 2. The van der Waals surface area contributed by atoms with E-state index in [1.54, 1.807) is 6.20 Å². The molecule has 0 saturated carbocycles. The van der Waals surface area contributed by atoms with Gasteiger partial charge in [0, 0.05) is 32.5 Å². The Morgan fingerprint density at radius 1 is 0.620 bits per heavy atom. The molecule has 1 aliphatic heterocycles. The van der Waals surface area contributed by atoms with Gasteiger partial charge in [0.2, 0.25) is 0 Å². The van der Waals surface area contributed by atoms with Crippen LogP contribution in [0.15, 0.2) is 67.0 Å². The average Bonchev–Trinajstić information content (AvgIpc) is 3.42. The molecule has 0 spiro atoms. The number of fused-ring (bicyclic) bond motifs is 2. The normalized spacial score (nSPS) is 22.1. The van der Waals surface area contributed by atoms with E-state index in [9.17, 15) is 0 Å². The minimum Gasteiger partial charge on any atom is -0.400 e. The molecule has 0 unspecified atom stereocenters. The van der Waals surface area contributed by atoms with Crippen molar-refractivity contribution in [1.29, 1.82) is 0 Å². The van der Waals surface area contributed by atoms with Crippen molar-refractivity contribution in [2.45, 2.75) is 136 Å². The Hall–Kier alpha value is -2.63. The number of hydrogen-bond donors (Lipinski definition) is 0. The molecule has 4 aromatic rings. The Balaban J connectivity index is 0.000000198. The average molecular weight is 847 g/mol. The van der Waals surface area contributed by atoms with E-state index in [1.165, 1.54) is 28.7 Å². The maximum Gasteiger partial charge on any atom is 0.475 e. The fourth-order valence-corrected chi connectivity index (χ4v) is 8.41. The van der Waals surface area contributed by atoms with Crippen LogP contribution in [0.2, 0.25) is 0 Å². The zero-order valence-corrected chi connectivity index (χ0v) is 35.1. The van der Waals surface area contributed by atoms with Crippen LogP contribution in [0.4, 0.5) is 0 Å². The van der Waals surface area contributed by atoms with Crippen molar-refractivity contribution in [3.8, 4) is 22.5 Å². The van der Waals surface area contributed by atoms with Gasteiger partial charge in [-0.05, 0) is 89.8 Å². The van der Waals surface area contributed by atoms with E-state index in [2.05, 4.69) is 138 Å². The number of hydrogen-bond acceptors (Lipinski definition) is 4. The molecule has 7 rings (SSSR count). The van der Waals surface area contributed by atoms with Gasteiger partial charge >= 0.3 is 7.12 Å². The first-order valence-electron chi connectivity index (χ1n) is 17.9. The van der Waals surface area contributed by atoms with Crippen molar-refractivity contribution >= 4 is 12.6 Å². The molecule has 3 heterocycles. The Morgan fingerprint density at radius 3 is 1.84 bits per heavy atom. The Labute approximate surface area is 316 Å². The standard InChI is InChI=1S/C27H36N.C17H19BNO2.Ir/c1-23(2)16-24(3,4)21-15-28-22(14-19(21)23)17-11-12-18-20(13-17)26(7,8)27(9,10)25(18,5)6;1-16(2)17(3,4)21-18(20-16)14-9-7-8-13(12-14)15-10-5-6-11-19-15;/h12-15H,16H2,1-10H3;5-7,9-12H,1-4H3;/q2*-1;. The van der Waals surface area contributed by atoms with Crippen molar-refractivity contribution in [2.75, 3.05) is 0 Å². The molecule has 0 N–H and O–H groups in total. The second-order valence-electron chi connectivity index (χ2n) is 18.4. The minimum atomic E-state index is -0.355. The van der Waals surface area contributed by atoms with Crippen LogP contribution in [0.5, 0.6) is 0 Å². The van der Waals surface area contributed by atoms with E-state index in [-0.39, 0.29) is 65.5 Å². The summed E-state index contributed by atoms with van der Waals surface area (Å²) in [5, 5.41) is 0.